The van der Waals surface area contributed by atoms with E-state index in [1.807, 2.05) is 48.5 Å². The molecule has 0 bridgehead atoms. The first-order valence-corrected chi connectivity index (χ1v) is 7.24. The normalized spacial score (nSPS) is 19.8. The van der Waals surface area contributed by atoms with Crippen molar-refractivity contribution < 1.29 is 4.74 Å². The second-order valence-corrected chi connectivity index (χ2v) is 5.44. The van der Waals surface area contributed by atoms with Crippen LogP contribution >= 0.6 is 0 Å². The summed E-state index contributed by atoms with van der Waals surface area (Å²) in [5.74, 6) is 0.447. The number of aliphatic imine (C=N–C) groups is 1. The summed E-state index contributed by atoms with van der Waals surface area (Å²) in [6, 6.07) is 15.7. The van der Waals surface area contributed by atoms with Gasteiger partial charge in [-0.2, -0.15) is 0 Å². The molecule has 0 saturated carbocycles. The smallest absolute Gasteiger partial charge is 0.184 e. The van der Waals surface area contributed by atoms with Gasteiger partial charge in [0.05, 0.1) is 7.11 Å². The summed E-state index contributed by atoms with van der Waals surface area (Å²) in [6.45, 7) is 0. The van der Waals surface area contributed by atoms with Crippen LogP contribution in [0.5, 0.6) is 5.75 Å². The number of benzene rings is 2. The largest absolute Gasteiger partial charge is 0.497 e. The second kappa shape index (κ2) is 5.69. The van der Waals surface area contributed by atoms with Gasteiger partial charge in [-0.25, -0.2) is 4.99 Å². The van der Waals surface area contributed by atoms with Crippen molar-refractivity contribution in [3.8, 4) is 5.75 Å². The van der Waals surface area contributed by atoms with E-state index in [1.54, 1.807) is 7.11 Å². The van der Waals surface area contributed by atoms with Crippen molar-refractivity contribution in [2.75, 3.05) is 12.4 Å². The molecule has 1 atom stereocenters. The lowest BCUT2D eigenvalue weighted by Gasteiger charge is -2.33. The Balaban J connectivity index is 1.73. The quantitative estimate of drug-likeness (QED) is 0.806. The van der Waals surface area contributed by atoms with Crippen LogP contribution in [0.3, 0.4) is 0 Å². The maximum atomic E-state index is 6.36. The Labute approximate surface area is 130 Å². The number of nitrogens with two attached hydrogens (primary N) is 2. The van der Waals surface area contributed by atoms with E-state index in [9.17, 15) is 0 Å². The van der Waals surface area contributed by atoms with Gasteiger partial charge in [0.2, 0.25) is 0 Å². The maximum absolute atomic E-state index is 6.36. The number of rotatable bonds is 4. The Bertz CT molecular complexity index is 696. The number of fused-ring (bicyclic) bond motifs is 1. The molecule has 0 fully saturated rings. The molecular weight excluding hydrogens is 276 g/mol. The van der Waals surface area contributed by atoms with Crippen LogP contribution in [0.1, 0.15) is 17.5 Å². The zero-order valence-corrected chi connectivity index (χ0v) is 12.5. The van der Waals surface area contributed by atoms with Crippen LogP contribution in [0.4, 0.5) is 5.69 Å². The fourth-order valence-electron chi connectivity index (χ4n) is 2.60. The first-order valence-electron chi connectivity index (χ1n) is 7.24. The van der Waals surface area contributed by atoms with E-state index in [0.29, 0.717) is 12.3 Å². The number of nitrogens with one attached hydrogen (secondary N) is 1. The average molecular weight is 296 g/mol. The van der Waals surface area contributed by atoms with Gasteiger partial charge in [-0.15, -0.1) is 0 Å². The average Bonchev–Trinajstić information content (AvgIpc) is 2.53. The van der Waals surface area contributed by atoms with E-state index >= 15 is 0 Å². The molecule has 1 aliphatic rings. The first kappa shape index (κ1) is 14.4. The summed E-state index contributed by atoms with van der Waals surface area (Å²) < 4.78 is 5.16. The summed E-state index contributed by atoms with van der Waals surface area (Å²) in [5, 5.41) is 3.28. The van der Waals surface area contributed by atoms with Crippen LogP contribution in [-0.4, -0.2) is 18.7 Å². The van der Waals surface area contributed by atoms with Gasteiger partial charge >= 0.3 is 0 Å². The number of hydrogen-bond donors (Lipinski definition) is 3. The molecule has 1 unspecified atom stereocenters. The number of methoxy groups -OCH3 is 1. The van der Waals surface area contributed by atoms with Crippen molar-refractivity contribution >= 4 is 11.5 Å². The van der Waals surface area contributed by atoms with E-state index in [0.717, 1.165) is 23.4 Å². The third-order valence-corrected chi connectivity index (χ3v) is 3.83. The van der Waals surface area contributed by atoms with Crippen molar-refractivity contribution in [2.24, 2.45) is 16.5 Å². The number of nitrogens with zero attached hydrogens (tertiary/aromatic N) is 1. The Morgan fingerprint density at radius 2 is 1.86 bits per heavy atom. The molecule has 5 nitrogen and oxygen atoms in total. The van der Waals surface area contributed by atoms with Gasteiger partial charge in [-0.3, -0.25) is 5.73 Å². The Kier molecular flexibility index (Phi) is 3.73. The minimum absolute atomic E-state index is 0.478. The molecule has 2 aromatic rings. The van der Waals surface area contributed by atoms with Crippen molar-refractivity contribution in [1.82, 2.24) is 0 Å². The minimum Gasteiger partial charge on any atom is -0.497 e. The topological polar surface area (TPSA) is 85.7 Å². The highest BCUT2D eigenvalue weighted by molar-refractivity contribution is 6.04. The van der Waals surface area contributed by atoms with E-state index in [2.05, 4.69) is 10.3 Å². The highest BCUT2D eigenvalue weighted by Crippen LogP contribution is 2.26. The van der Waals surface area contributed by atoms with Gasteiger partial charge in [0.25, 0.3) is 0 Å². The van der Waals surface area contributed by atoms with Crippen LogP contribution in [0, 0.1) is 0 Å². The maximum Gasteiger partial charge on any atom is 0.184 e. The monoisotopic (exact) mass is 296 g/mol. The third-order valence-electron chi connectivity index (χ3n) is 3.83. The molecule has 1 aliphatic heterocycles. The number of aryl methyl sites for hydroxylation is 1. The summed E-state index contributed by atoms with van der Waals surface area (Å²) in [4.78, 5) is 4.44. The Morgan fingerprint density at radius 3 is 2.59 bits per heavy atom. The minimum atomic E-state index is -0.877. The molecule has 0 aliphatic carbocycles. The molecule has 0 aromatic heterocycles. The first-order chi connectivity index (χ1) is 10.6. The lowest BCUT2D eigenvalue weighted by Crippen LogP contribution is -2.50. The van der Waals surface area contributed by atoms with E-state index in [4.69, 9.17) is 16.2 Å². The van der Waals surface area contributed by atoms with Crippen molar-refractivity contribution in [3.63, 3.8) is 0 Å². The zero-order chi connectivity index (χ0) is 15.6. The zero-order valence-electron chi connectivity index (χ0n) is 12.5. The van der Waals surface area contributed by atoms with Gasteiger partial charge in [0, 0.05) is 17.7 Å². The van der Waals surface area contributed by atoms with Crippen LogP contribution in [0.2, 0.25) is 0 Å². The number of anilines is 1. The molecule has 0 amide bonds. The van der Waals surface area contributed by atoms with E-state index in [-0.39, 0.29) is 0 Å². The van der Waals surface area contributed by atoms with Gasteiger partial charge in [-0.05, 0) is 36.2 Å². The molecule has 114 valence electrons. The lowest BCUT2D eigenvalue weighted by atomic mass is 10.0. The molecular formula is C17H20N4O. The second-order valence-electron chi connectivity index (χ2n) is 5.44. The van der Waals surface area contributed by atoms with Gasteiger partial charge in [0.1, 0.15) is 11.6 Å². The van der Waals surface area contributed by atoms with Gasteiger partial charge < -0.3 is 15.8 Å². The fourth-order valence-corrected chi connectivity index (χ4v) is 2.60. The summed E-state index contributed by atoms with van der Waals surface area (Å²) in [7, 11) is 1.66. The highest BCUT2D eigenvalue weighted by atomic mass is 16.5. The van der Waals surface area contributed by atoms with E-state index < -0.39 is 5.79 Å². The van der Waals surface area contributed by atoms with Crippen LogP contribution in [-0.2, 0) is 6.42 Å². The molecule has 5 N–H and O–H groups in total. The Hall–Kier alpha value is -2.53. The van der Waals surface area contributed by atoms with Crippen molar-refractivity contribution in [2.45, 2.75) is 18.6 Å². The van der Waals surface area contributed by atoms with Crippen molar-refractivity contribution in [3.05, 3.63) is 59.7 Å². The number of amidine groups is 1. The summed E-state index contributed by atoms with van der Waals surface area (Å²) >= 11 is 0. The van der Waals surface area contributed by atoms with Crippen LogP contribution in [0.15, 0.2) is 53.5 Å². The molecule has 5 heteroatoms. The summed E-state index contributed by atoms with van der Waals surface area (Å²) in [6.07, 6.45) is 1.45. The van der Waals surface area contributed by atoms with E-state index in [1.165, 1.54) is 5.56 Å². The predicted molar refractivity (Wildman–Crippen MR) is 89.0 cm³/mol. The molecule has 22 heavy (non-hydrogen) atoms. The summed E-state index contributed by atoms with van der Waals surface area (Å²) in [5.41, 5.74) is 15.4. The van der Waals surface area contributed by atoms with Crippen molar-refractivity contribution in [1.29, 1.82) is 0 Å². The molecule has 2 aromatic carbocycles. The molecule has 1 heterocycles. The van der Waals surface area contributed by atoms with Crippen LogP contribution < -0.4 is 21.5 Å². The third kappa shape index (κ3) is 2.89. The van der Waals surface area contributed by atoms with Gasteiger partial charge in [-0.1, -0.05) is 24.3 Å². The van der Waals surface area contributed by atoms with Crippen LogP contribution in [0.25, 0.3) is 0 Å². The number of ether oxygens (including phenoxy) is 1. The molecule has 0 spiro atoms. The predicted octanol–water partition coefficient (Wildman–Crippen LogP) is 2.07. The lowest BCUT2D eigenvalue weighted by molar-refractivity contribution is 0.414. The number of para-hydroxylation sites is 1. The Morgan fingerprint density at radius 1 is 1.14 bits per heavy atom. The SMILES string of the molecule is COc1ccc(CCC2(N)N=C(N)c3ccccc3N2)cc1. The molecule has 0 saturated heterocycles. The standard InChI is InChI=1S/C17H20N4O/c1-22-13-8-6-12(7-9-13)10-11-17(19)20-15-5-3-2-4-14(15)16(18)21-17/h2-9,20H,10-11,19H2,1H3,(H2,18,21). The number of hydrogen-bond acceptors (Lipinski definition) is 5. The molecule has 0 radical (unpaired) electrons. The molecule has 3 rings (SSSR count). The van der Waals surface area contributed by atoms with Gasteiger partial charge in [0.15, 0.2) is 5.79 Å². The highest BCUT2D eigenvalue weighted by Gasteiger charge is 2.29. The fraction of sp³-hybridized carbons (Fsp3) is 0.235.